The average Bonchev–Trinajstić information content (AvgIpc) is 2.47. The molecule has 0 bridgehead atoms. The van der Waals surface area contributed by atoms with E-state index in [1.807, 2.05) is 6.92 Å². The number of hydrogen-bond donors (Lipinski definition) is 1. The fourth-order valence-corrected chi connectivity index (χ4v) is 3.09. The number of aliphatic carboxylic acids is 1. The molecule has 0 amide bonds. The van der Waals surface area contributed by atoms with E-state index in [9.17, 15) is 14.3 Å². The predicted molar refractivity (Wildman–Crippen MR) is 77.8 cm³/mol. The summed E-state index contributed by atoms with van der Waals surface area (Å²) >= 11 is 0. The van der Waals surface area contributed by atoms with E-state index >= 15 is 0 Å². The number of hydrogen-bond acceptors (Lipinski definition) is 3. The Hall–Kier alpha value is -1.62. The Morgan fingerprint density at radius 2 is 2.29 bits per heavy atom. The molecule has 1 aliphatic heterocycles. The number of nitrogens with zero attached hydrogens (tertiary/aromatic N) is 1. The van der Waals surface area contributed by atoms with Crippen molar-refractivity contribution < 1.29 is 19.0 Å². The standard InChI is InChI=1S/C16H22FNO3/c1-3-16(15(19)20)7-4-8-18(11-16)10-12-9-13(17)5-6-14(12)21-2/h5-6,9H,3-4,7-8,10-11H2,1-2H3,(H,19,20). The van der Waals surface area contributed by atoms with Gasteiger partial charge in [0.2, 0.25) is 0 Å². The highest BCUT2D eigenvalue weighted by molar-refractivity contribution is 5.75. The van der Waals surface area contributed by atoms with Crippen molar-refractivity contribution >= 4 is 5.97 Å². The number of carboxylic acids is 1. The van der Waals surface area contributed by atoms with Gasteiger partial charge in [0.25, 0.3) is 0 Å². The van der Waals surface area contributed by atoms with Crippen LogP contribution >= 0.6 is 0 Å². The Morgan fingerprint density at radius 3 is 2.90 bits per heavy atom. The van der Waals surface area contributed by atoms with Gasteiger partial charge >= 0.3 is 5.97 Å². The molecule has 1 N–H and O–H groups in total. The first-order valence-electron chi connectivity index (χ1n) is 7.29. The fraction of sp³-hybridized carbons (Fsp3) is 0.562. The SMILES string of the molecule is CCC1(C(=O)O)CCCN(Cc2cc(F)ccc2OC)C1. The van der Waals surface area contributed by atoms with E-state index in [0.29, 0.717) is 31.7 Å². The Labute approximate surface area is 124 Å². The molecule has 1 saturated heterocycles. The maximum Gasteiger partial charge on any atom is 0.310 e. The molecule has 0 saturated carbocycles. The van der Waals surface area contributed by atoms with Crippen LogP contribution in [0.1, 0.15) is 31.7 Å². The van der Waals surface area contributed by atoms with E-state index in [1.54, 1.807) is 13.2 Å². The Balaban J connectivity index is 2.16. The van der Waals surface area contributed by atoms with Gasteiger partial charge in [-0.25, -0.2) is 4.39 Å². The summed E-state index contributed by atoms with van der Waals surface area (Å²) in [6.07, 6.45) is 2.16. The summed E-state index contributed by atoms with van der Waals surface area (Å²) in [5, 5.41) is 9.51. The number of halogens is 1. The van der Waals surface area contributed by atoms with Crippen molar-refractivity contribution in [1.29, 1.82) is 0 Å². The number of benzene rings is 1. The first kappa shape index (κ1) is 15.8. The summed E-state index contributed by atoms with van der Waals surface area (Å²) in [7, 11) is 1.56. The van der Waals surface area contributed by atoms with Crippen LogP contribution in [0.3, 0.4) is 0 Å². The monoisotopic (exact) mass is 295 g/mol. The van der Waals surface area contributed by atoms with Crippen LogP contribution in [0.4, 0.5) is 4.39 Å². The van der Waals surface area contributed by atoms with Crippen LogP contribution in [0.25, 0.3) is 0 Å². The van der Waals surface area contributed by atoms with Crippen LogP contribution in [-0.4, -0.2) is 36.2 Å². The lowest BCUT2D eigenvalue weighted by molar-refractivity contribution is -0.153. The molecule has 1 aromatic rings. The van der Waals surface area contributed by atoms with Gasteiger partial charge in [-0.15, -0.1) is 0 Å². The zero-order valence-electron chi connectivity index (χ0n) is 12.6. The van der Waals surface area contributed by atoms with Crippen molar-refractivity contribution in [1.82, 2.24) is 4.90 Å². The van der Waals surface area contributed by atoms with Gasteiger partial charge in [-0.3, -0.25) is 9.69 Å². The zero-order valence-corrected chi connectivity index (χ0v) is 12.6. The largest absolute Gasteiger partial charge is 0.496 e. The second-order valence-corrected chi connectivity index (χ2v) is 5.71. The lowest BCUT2D eigenvalue weighted by Gasteiger charge is -2.39. The van der Waals surface area contributed by atoms with Gasteiger partial charge in [0.1, 0.15) is 11.6 Å². The molecule has 5 heteroatoms. The van der Waals surface area contributed by atoms with E-state index in [1.165, 1.54) is 12.1 Å². The van der Waals surface area contributed by atoms with E-state index in [4.69, 9.17) is 4.74 Å². The highest BCUT2D eigenvalue weighted by Gasteiger charge is 2.40. The lowest BCUT2D eigenvalue weighted by Crippen LogP contribution is -2.47. The van der Waals surface area contributed by atoms with Crippen LogP contribution in [0.15, 0.2) is 18.2 Å². The van der Waals surface area contributed by atoms with Crippen molar-refractivity contribution in [3.63, 3.8) is 0 Å². The molecule has 1 aromatic carbocycles. The lowest BCUT2D eigenvalue weighted by atomic mass is 9.77. The maximum absolute atomic E-state index is 13.4. The van der Waals surface area contributed by atoms with E-state index in [2.05, 4.69) is 4.90 Å². The van der Waals surface area contributed by atoms with E-state index in [-0.39, 0.29) is 5.82 Å². The molecule has 1 unspecified atom stereocenters. The third kappa shape index (κ3) is 3.35. The van der Waals surface area contributed by atoms with E-state index < -0.39 is 11.4 Å². The minimum atomic E-state index is -0.735. The van der Waals surface area contributed by atoms with Crippen LogP contribution in [-0.2, 0) is 11.3 Å². The van der Waals surface area contributed by atoms with Crippen molar-refractivity contribution in [2.24, 2.45) is 5.41 Å². The summed E-state index contributed by atoms with van der Waals surface area (Å²) in [6.45, 7) is 3.75. The minimum absolute atomic E-state index is 0.303. The number of methoxy groups -OCH3 is 1. The van der Waals surface area contributed by atoms with Gasteiger partial charge in [0, 0.05) is 18.7 Å². The van der Waals surface area contributed by atoms with Crippen LogP contribution in [0.2, 0.25) is 0 Å². The summed E-state index contributed by atoms with van der Waals surface area (Å²) in [5.74, 6) is -0.400. The van der Waals surface area contributed by atoms with Crippen molar-refractivity contribution in [3.8, 4) is 5.75 Å². The Kier molecular flexibility index (Phi) is 4.83. The molecule has 1 atom stereocenters. The number of carboxylic acid groups (broad SMARTS) is 1. The maximum atomic E-state index is 13.4. The van der Waals surface area contributed by atoms with Crippen LogP contribution in [0, 0.1) is 11.2 Å². The third-order valence-corrected chi connectivity index (χ3v) is 4.42. The third-order valence-electron chi connectivity index (χ3n) is 4.42. The topological polar surface area (TPSA) is 49.8 Å². The molecule has 0 spiro atoms. The highest BCUT2D eigenvalue weighted by Crippen LogP contribution is 2.35. The minimum Gasteiger partial charge on any atom is -0.496 e. The molecule has 1 fully saturated rings. The van der Waals surface area contributed by atoms with Gasteiger partial charge in [-0.2, -0.15) is 0 Å². The zero-order chi connectivity index (χ0) is 15.5. The first-order valence-corrected chi connectivity index (χ1v) is 7.29. The van der Waals surface area contributed by atoms with Gasteiger partial charge in [-0.05, 0) is 44.0 Å². The second-order valence-electron chi connectivity index (χ2n) is 5.71. The van der Waals surface area contributed by atoms with E-state index in [0.717, 1.165) is 18.5 Å². The molecule has 2 rings (SSSR count). The summed E-state index contributed by atoms with van der Waals surface area (Å²) < 4.78 is 18.7. The van der Waals surface area contributed by atoms with Crippen molar-refractivity contribution in [2.75, 3.05) is 20.2 Å². The van der Waals surface area contributed by atoms with Crippen LogP contribution in [0.5, 0.6) is 5.75 Å². The van der Waals surface area contributed by atoms with Gasteiger partial charge in [-0.1, -0.05) is 6.92 Å². The molecule has 0 aliphatic carbocycles. The highest BCUT2D eigenvalue weighted by atomic mass is 19.1. The summed E-state index contributed by atoms with van der Waals surface area (Å²) in [5.41, 5.74) is 0.0773. The smallest absolute Gasteiger partial charge is 0.310 e. The predicted octanol–water partition coefficient (Wildman–Crippen LogP) is 2.91. The number of carbonyl (C=O) groups is 1. The number of ether oxygens (including phenoxy) is 1. The molecular weight excluding hydrogens is 273 g/mol. The number of likely N-dealkylation sites (tertiary alicyclic amines) is 1. The molecule has 1 heterocycles. The Bertz CT molecular complexity index is 520. The van der Waals surface area contributed by atoms with Gasteiger partial charge in [0.05, 0.1) is 12.5 Å². The fourth-order valence-electron chi connectivity index (χ4n) is 3.09. The average molecular weight is 295 g/mol. The number of rotatable bonds is 5. The molecule has 116 valence electrons. The summed E-state index contributed by atoms with van der Waals surface area (Å²) in [6, 6.07) is 4.44. The van der Waals surface area contributed by atoms with Crippen molar-refractivity contribution in [2.45, 2.75) is 32.7 Å². The van der Waals surface area contributed by atoms with Gasteiger partial charge in [0.15, 0.2) is 0 Å². The molecule has 0 radical (unpaired) electrons. The van der Waals surface area contributed by atoms with Crippen molar-refractivity contribution in [3.05, 3.63) is 29.6 Å². The molecular formula is C16H22FNO3. The molecule has 0 aromatic heterocycles. The molecule has 4 nitrogen and oxygen atoms in total. The van der Waals surface area contributed by atoms with Crippen LogP contribution < -0.4 is 4.74 Å². The second kappa shape index (κ2) is 6.43. The first-order chi connectivity index (χ1) is 10.0. The summed E-state index contributed by atoms with van der Waals surface area (Å²) in [4.78, 5) is 13.7. The Morgan fingerprint density at radius 1 is 1.52 bits per heavy atom. The van der Waals surface area contributed by atoms with Gasteiger partial charge < -0.3 is 9.84 Å². The molecule has 21 heavy (non-hydrogen) atoms. The molecule has 1 aliphatic rings. The number of piperidine rings is 1. The normalized spacial score (nSPS) is 23.0. The quantitative estimate of drug-likeness (QED) is 0.907.